The molecule has 15 heavy (non-hydrogen) atoms. The number of ether oxygens (including phenoxy) is 4. The van der Waals surface area contributed by atoms with Crippen LogP contribution in [0.25, 0.3) is 0 Å². The van der Waals surface area contributed by atoms with Crippen molar-refractivity contribution < 1.29 is 18.9 Å². The molecule has 4 heteroatoms. The number of rotatable bonds is 11. The van der Waals surface area contributed by atoms with Crippen LogP contribution in [0.1, 0.15) is 6.92 Å². The molecule has 4 nitrogen and oxygen atoms in total. The van der Waals surface area contributed by atoms with Crippen LogP contribution in [-0.2, 0) is 18.9 Å². The summed E-state index contributed by atoms with van der Waals surface area (Å²) in [5.74, 6) is 2.38. The number of hydrogen-bond acceptors (Lipinski definition) is 4. The molecule has 0 aliphatic heterocycles. The first-order chi connectivity index (χ1) is 7.41. The van der Waals surface area contributed by atoms with Crippen molar-refractivity contribution in [2.24, 2.45) is 0 Å². The minimum absolute atomic E-state index is 0.341. The summed E-state index contributed by atoms with van der Waals surface area (Å²) >= 11 is 0. The van der Waals surface area contributed by atoms with Crippen LogP contribution in [0.4, 0.5) is 0 Å². The van der Waals surface area contributed by atoms with E-state index in [1.54, 1.807) is 0 Å². The fourth-order valence-electron chi connectivity index (χ4n) is 0.833. The Morgan fingerprint density at radius 3 is 1.73 bits per heavy atom. The molecular weight excluding hydrogens is 196 g/mol. The highest BCUT2D eigenvalue weighted by Gasteiger charge is 1.90. The topological polar surface area (TPSA) is 36.9 Å². The van der Waals surface area contributed by atoms with Crippen molar-refractivity contribution in [3.05, 3.63) is 0 Å². The highest BCUT2D eigenvalue weighted by molar-refractivity contribution is 4.82. The van der Waals surface area contributed by atoms with Crippen LogP contribution in [0.2, 0.25) is 0 Å². The van der Waals surface area contributed by atoms with E-state index in [4.69, 9.17) is 25.4 Å². The first-order valence-electron chi connectivity index (χ1n) is 5.16. The molecule has 0 aliphatic rings. The number of hydrogen-bond donors (Lipinski definition) is 0. The molecule has 0 amide bonds. The van der Waals surface area contributed by atoms with E-state index in [1.807, 2.05) is 6.92 Å². The van der Waals surface area contributed by atoms with Crippen LogP contribution in [0.15, 0.2) is 0 Å². The van der Waals surface area contributed by atoms with Gasteiger partial charge in [0.15, 0.2) is 0 Å². The molecule has 0 spiro atoms. The van der Waals surface area contributed by atoms with E-state index in [9.17, 15) is 0 Å². The summed E-state index contributed by atoms with van der Waals surface area (Å²) in [6.45, 7) is 6.53. The fraction of sp³-hybridized carbons (Fsp3) is 0.818. The molecule has 0 aromatic carbocycles. The van der Waals surface area contributed by atoms with Gasteiger partial charge in [-0.3, -0.25) is 0 Å². The largest absolute Gasteiger partial charge is 0.379 e. The Morgan fingerprint density at radius 1 is 0.800 bits per heavy atom. The van der Waals surface area contributed by atoms with Crippen molar-refractivity contribution in [2.75, 3.05) is 52.9 Å². The van der Waals surface area contributed by atoms with E-state index in [2.05, 4.69) is 5.92 Å². The molecule has 0 aromatic heterocycles. The minimum Gasteiger partial charge on any atom is -0.379 e. The monoisotopic (exact) mass is 216 g/mol. The van der Waals surface area contributed by atoms with Crippen molar-refractivity contribution in [2.45, 2.75) is 6.92 Å². The molecule has 0 bridgehead atoms. The molecule has 0 atom stereocenters. The molecule has 0 fully saturated rings. The van der Waals surface area contributed by atoms with Gasteiger partial charge in [0.05, 0.1) is 39.6 Å². The maximum atomic E-state index is 5.24. The molecule has 88 valence electrons. The summed E-state index contributed by atoms with van der Waals surface area (Å²) in [5.41, 5.74) is 0. The van der Waals surface area contributed by atoms with Crippen LogP contribution in [0, 0.1) is 12.3 Å². The Hall–Kier alpha value is -0.600. The fourth-order valence-corrected chi connectivity index (χ4v) is 0.833. The molecule has 0 rings (SSSR count). The van der Waals surface area contributed by atoms with Gasteiger partial charge in [-0.15, -0.1) is 6.42 Å². The Morgan fingerprint density at radius 2 is 1.27 bits per heavy atom. The average Bonchev–Trinajstić information content (AvgIpc) is 2.26. The van der Waals surface area contributed by atoms with Gasteiger partial charge >= 0.3 is 0 Å². The van der Waals surface area contributed by atoms with E-state index >= 15 is 0 Å². The lowest BCUT2D eigenvalue weighted by molar-refractivity contribution is 0.00283. The molecule has 0 unspecified atom stereocenters. The van der Waals surface area contributed by atoms with E-state index < -0.39 is 0 Å². The van der Waals surface area contributed by atoms with E-state index in [-0.39, 0.29) is 0 Å². The van der Waals surface area contributed by atoms with Crippen LogP contribution >= 0.6 is 0 Å². The van der Waals surface area contributed by atoms with Crippen molar-refractivity contribution >= 4 is 0 Å². The maximum absolute atomic E-state index is 5.24. The summed E-state index contributed by atoms with van der Waals surface area (Å²) in [7, 11) is 0. The van der Waals surface area contributed by atoms with E-state index in [0.717, 1.165) is 6.61 Å². The summed E-state index contributed by atoms with van der Waals surface area (Å²) in [5, 5.41) is 0. The summed E-state index contributed by atoms with van der Waals surface area (Å²) < 4.78 is 20.6. The molecular formula is C11H20O4. The summed E-state index contributed by atoms with van der Waals surface area (Å²) in [6.07, 6.45) is 5.00. The molecule has 0 saturated carbocycles. The highest BCUT2D eigenvalue weighted by atomic mass is 16.6. The first kappa shape index (κ1) is 14.4. The van der Waals surface area contributed by atoms with Crippen LogP contribution in [0.5, 0.6) is 0 Å². The first-order valence-corrected chi connectivity index (χ1v) is 5.16. The van der Waals surface area contributed by atoms with E-state index in [1.165, 1.54) is 0 Å². The van der Waals surface area contributed by atoms with Crippen molar-refractivity contribution in [1.82, 2.24) is 0 Å². The van der Waals surface area contributed by atoms with Crippen molar-refractivity contribution in [3.8, 4) is 12.3 Å². The van der Waals surface area contributed by atoms with Gasteiger partial charge in [-0.1, -0.05) is 5.92 Å². The zero-order valence-corrected chi connectivity index (χ0v) is 9.37. The molecule has 0 aromatic rings. The standard InChI is InChI=1S/C11H20O4/c1-3-5-13-8-9-15-11-10-14-7-6-12-4-2/h1H,4-11H2,2H3. The van der Waals surface area contributed by atoms with Gasteiger partial charge in [0, 0.05) is 6.61 Å². The molecule has 0 saturated heterocycles. The minimum atomic E-state index is 0.341. The molecule has 0 radical (unpaired) electrons. The predicted octanol–water partition coefficient (Wildman–Crippen LogP) is 0.706. The van der Waals surface area contributed by atoms with Gasteiger partial charge < -0.3 is 18.9 Å². The van der Waals surface area contributed by atoms with Crippen molar-refractivity contribution in [1.29, 1.82) is 0 Å². The Bertz CT molecular complexity index is 153. The van der Waals surface area contributed by atoms with Gasteiger partial charge in [-0.2, -0.15) is 0 Å². The zero-order chi connectivity index (χ0) is 11.2. The predicted molar refractivity (Wildman–Crippen MR) is 57.8 cm³/mol. The average molecular weight is 216 g/mol. The van der Waals surface area contributed by atoms with E-state index in [0.29, 0.717) is 46.2 Å². The second-order valence-corrected chi connectivity index (χ2v) is 2.68. The second kappa shape index (κ2) is 13.4. The summed E-state index contributed by atoms with van der Waals surface area (Å²) in [4.78, 5) is 0. The lowest BCUT2D eigenvalue weighted by atomic mass is 10.7. The lowest BCUT2D eigenvalue weighted by Gasteiger charge is -2.05. The number of terminal acetylenes is 1. The lowest BCUT2D eigenvalue weighted by Crippen LogP contribution is -2.11. The van der Waals surface area contributed by atoms with Gasteiger partial charge in [0.2, 0.25) is 0 Å². The Labute approximate surface area is 91.8 Å². The van der Waals surface area contributed by atoms with Gasteiger partial charge in [0.25, 0.3) is 0 Å². The van der Waals surface area contributed by atoms with Crippen molar-refractivity contribution in [3.63, 3.8) is 0 Å². The zero-order valence-electron chi connectivity index (χ0n) is 9.37. The Kier molecular flexibility index (Phi) is 12.9. The van der Waals surface area contributed by atoms with Gasteiger partial charge in [-0.05, 0) is 6.92 Å². The van der Waals surface area contributed by atoms with Gasteiger partial charge in [-0.25, -0.2) is 0 Å². The van der Waals surface area contributed by atoms with Crippen LogP contribution < -0.4 is 0 Å². The molecule has 0 heterocycles. The molecule has 0 N–H and O–H groups in total. The third kappa shape index (κ3) is 13.4. The highest BCUT2D eigenvalue weighted by Crippen LogP contribution is 1.81. The third-order valence-electron chi connectivity index (χ3n) is 1.51. The molecule has 0 aliphatic carbocycles. The smallest absolute Gasteiger partial charge is 0.107 e. The Balaban J connectivity index is 2.84. The van der Waals surface area contributed by atoms with Gasteiger partial charge in [0.1, 0.15) is 6.61 Å². The summed E-state index contributed by atoms with van der Waals surface area (Å²) in [6, 6.07) is 0. The quantitative estimate of drug-likeness (QED) is 0.376. The van der Waals surface area contributed by atoms with Crippen LogP contribution in [-0.4, -0.2) is 52.9 Å². The third-order valence-corrected chi connectivity index (χ3v) is 1.51. The maximum Gasteiger partial charge on any atom is 0.107 e. The SMILES string of the molecule is C#CCOCCOCCOCCOCC. The van der Waals surface area contributed by atoms with Crippen LogP contribution in [0.3, 0.4) is 0 Å². The second-order valence-electron chi connectivity index (χ2n) is 2.68. The normalized spacial score (nSPS) is 10.1.